The number of nitrogens with zero attached hydrogens (tertiary/aromatic N) is 2. The number of nitrogen functional groups attached to an aromatic ring is 2. The number of methoxy groups -OCH3 is 1. The number of alkyl halides is 3. The Morgan fingerprint density at radius 1 is 1.03 bits per heavy atom. The summed E-state index contributed by atoms with van der Waals surface area (Å²) >= 11 is 5.91. The van der Waals surface area contributed by atoms with E-state index < -0.39 is 16.8 Å². The van der Waals surface area contributed by atoms with Gasteiger partial charge in [-0.05, 0) is 35.7 Å². The van der Waals surface area contributed by atoms with Gasteiger partial charge in [0.1, 0.15) is 11.5 Å². The van der Waals surface area contributed by atoms with E-state index in [0.29, 0.717) is 22.6 Å². The van der Waals surface area contributed by atoms with E-state index in [1.165, 1.54) is 25.4 Å². The van der Waals surface area contributed by atoms with Gasteiger partial charge in [0.25, 0.3) is 0 Å². The van der Waals surface area contributed by atoms with Gasteiger partial charge in [0.2, 0.25) is 5.95 Å². The zero-order valence-corrected chi connectivity index (χ0v) is 17.7. The summed E-state index contributed by atoms with van der Waals surface area (Å²) < 4.78 is 50.7. The van der Waals surface area contributed by atoms with Crippen LogP contribution in [0, 0.1) is 0 Å². The highest BCUT2D eigenvalue weighted by molar-refractivity contribution is 6.31. The highest BCUT2D eigenvalue weighted by Gasteiger charge is 2.33. The normalized spacial score (nSPS) is 11.6. The molecule has 10 heteroatoms. The van der Waals surface area contributed by atoms with Crippen LogP contribution in [0.5, 0.6) is 17.2 Å². The quantitative estimate of drug-likeness (QED) is 0.500. The summed E-state index contributed by atoms with van der Waals surface area (Å²) in [6.45, 7) is 3.91. The molecule has 0 unspecified atom stereocenters. The maximum Gasteiger partial charge on any atom is 0.417 e. The Kier molecular flexibility index (Phi) is 6.17. The molecular weight excluding hydrogens is 433 g/mol. The predicted molar refractivity (Wildman–Crippen MR) is 113 cm³/mol. The molecule has 0 spiro atoms. The minimum atomic E-state index is -4.55. The molecule has 0 aliphatic carbocycles. The van der Waals surface area contributed by atoms with Crippen LogP contribution in [0.15, 0.2) is 36.5 Å². The highest BCUT2D eigenvalue weighted by Crippen LogP contribution is 2.43. The van der Waals surface area contributed by atoms with Crippen molar-refractivity contribution < 1.29 is 22.6 Å². The van der Waals surface area contributed by atoms with Gasteiger partial charge >= 0.3 is 6.18 Å². The lowest BCUT2D eigenvalue weighted by molar-refractivity contribution is -0.137. The Balaban J connectivity index is 2.15. The molecule has 0 saturated carbocycles. The van der Waals surface area contributed by atoms with Crippen molar-refractivity contribution >= 4 is 23.4 Å². The lowest BCUT2D eigenvalue weighted by atomic mass is 9.95. The molecule has 3 aromatic rings. The van der Waals surface area contributed by atoms with E-state index in [9.17, 15) is 13.2 Å². The van der Waals surface area contributed by atoms with Gasteiger partial charge in [-0.25, -0.2) is 4.98 Å². The lowest BCUT2D eigenvalue weighted by Crippen LogP contribution is -2.06. The fourth-order valence-electron chi connectivity index (χ4n) is 3.02. The minimum absolute atomic E-state index is 0.00347. The van der Waals surface area contributed by atoms with Crippen molar-refractivity contribution in [3.63, 3.8) is 0 Å². The van der Waals surface area contributed by atoms with E-state index >= 15 is 0 Å². The summed E-state index contributed by atoms with van der Waals surface area (Å²) in [6, 6.07) is 6.91. The highest BCUT2D eigenvalue weighted by atomic mass is 35.5. The largest absolute Gasteiger partial charge is 0.496 e. The second-order valence-corrected chi connectivity index (χ2v) is 7.42. The molecule has 1 aromatic heterocycles. The Bertz CT molecular complexity index is 1120. The molecule has 31 heavy (non-hydrogen) atoms. The minimum Gasteiger partial charge on any atom is -0.496 e. The number of nitrogens with two attached hydrogens (primary N) is 2. The first-order chi connectivity index (χ1) is 14.5. The van der Waals surface area contributed by atoms with Gasteiger partial charge in [0, 0.05) is 11.1 Å². The summed E-state index contributed by atoms with van der Waals surface area (Å²) in [5.74, 6) is 1.15. The van der Waals surface area contributed by atoms with Gasteiger partial charge in [-0.3, -0.25) is 0 Å². The second-order valence-electron chi connectivity index (χ2n) is 7.02. The molecule has 0 bridgehead atoms. The van der Waals surface area contributed by atoms with Gasteiger partial charge in [0.05, 0.1) is 23.9 Å². The van der Waals surface area contributed by atoms with Crippen molar-refractivity contribution in [1.82, 2.24) is 9.97 Å². The van der Waals surface area contributed by atoms with Crippen LogP contribution in [-0.2, 0) is 6.18 Å². The third-order valence-electron chi connectivity index (χ3n) is 4.56. The Labute approximate surface area is 182 Å². The molecule has 3 rings (SSSR count). The molecule has 0 aliphatic rings. The average molecular weight is 453 g/mol. The molecule has 0 amide bonds. The van der Waals surface area contributed by atoms with Crippen LogP contribution in [0.1, 0.15) is 30.9 Å². The van der Waals surface area contributed by atoms with Crippen molar-refractivity contribution in [3.8, 4) is 28.4 Å². The first kappa shape index (κ1) is 22.5. The van der Waals surface area contributed by atoms with Crippen molar-refractivity contribution in [3.05, 3.63) is 52.7 Å². The molecule has 164 valence electrons. The van der Waals surface area contributed by atoms with Crippen LogP contribution in [0.2, 0.25) is 5.02 Å². The van der Waals surface area contributed by atoms with Crippen molar-refractivity contribution in [2.45, 2.75) is 25.9 Å². The average Bonchev–Trinajstić information content (AvgIpc) is 2.68. The van der Waals surface area contributed by atoms with Crippen molar-refractivity contribution in [1.29, 1.82) is 0 Å². The molecule has 0 aliphatic heterocycles. The smallest absolute Gasteiger partial charge is 0.417 e. The molecule has 0 atom stereocenters. The number of rotatable bonds is 5. The monoisotopic (exact) mass is 452 g/mol. The van der Waals surface area contributed by atoms with Crippen molar-refractivity contribution in [2.75, 3.05) is 18.6 Å². The Morgan fingerprint density at radius 3 is 2.29 bits per heavy atom. The maximum absolute atomic E-state index is 13.1. The first-order valence-electron chi connectivity index (χ1n) is 9.16. The molecule has 2 aromatic carbocycles. The number of ether oxygens (including phenoxy) is 2. The number of hydrogen-bond acceptors (Lipinski definition) is 6. The van der Waals surface area contributed by atoms with E-state index in [-0.39, 0.29) is 23.4 Å². The predicted octanol–water partition coefficient (Wildman–Crippen LogP) is 5.90. The summed E-state index contributed by atoms with van der Waals surface area (Å²) in [6.07, 6.45) is -3.21. The van der Waals surface area contributed by atoms with Crippen LogP contribution in [-0.4, -0.2) is 17.1 Å². The van der Waals surface area contributed by atoms with Crippen LogP contribution < -0.4 is 20.9 Å². The fraction of sp³-hybridized carbons (Fsp3) is 0.238. The number of benzene rings is 2. The van der Waals surface area contributed by atoms with Gasteiger partial charge in [-0.15, -0.1) is 0 Å². The second kappa shape index (κ2) is 8.50. The molecule has 0 radical (unpaired) electrons. The number of halogens is 4. The van der Waals surface area contributed by atoms with Gasteiger partial charge in [0.15, 0.2) is 11.6 Å². The van der Waals surface area contributed by atoms with Crippen LogP contribution in [0.25, 0.3) is 11.1 Å². The Morgan fingerprint density at radius 2 is 1.74 bits per heavy atom. The van der Waals surface area contributed by atoms with E-state index in [2.05, 4.69) is 9.97 Å². The third kappa shape index (κ3) is 4.77. The van der Waals surface area contributed by atoms with Gasteiger partial charge in [-0.1, -0.05) is 31.5 Å². The summed E-state index contributed by atoms with van der Waals surface area (Å²) in [4.78, 5) is 7.76. The maximum atomic E-state index is 13.1. The van der Waals surface area contributed by atoms with Crippen molar-refractivity contribution in [2.24, 2.45) is 0 Å². The molecule has 1 heterocycles. The third-order valence-corrected chi connectivity index (χ3v) is 4.87. The zero-order valence-electron chi connectivity index (χ0n) is 16.9. The van der Waals surface area contributed by atoms with E-state index in [4.69, 9.17) is 32.5 Å². The number of anilines is 2. The van der Waals surface area contributed by atoms with Gasteiger partial charge < -0.3 is 20.9 Å². The number of hydrogen-bond donors (Lipinski definition) is 2. The fourth-order valence-corrected chi connectivity index (χ4v) is 3.31. The summed E-state index contributed by atoms with van der Waals surface area (Å²) in [7, 11) is 1.47. The zero-order chi connectivity index (χ0) is 22.9. The van der Waals surface area contributed by atoms with Crippen LogP contribution in [0.3, 0.4) is 0 Å². The standard InChI is InChI=1S/C21H20ClF3N4O2/c1-10(2)12-7-16(30-3)13(11-4-5-14(15(22)6-11)21(23,24)25)8-17(12)31-18-9-28-20(27)29-19(18)26/h4-10H,1-3H3,(H4,26,27,28,29). The molecule has 0 fully saturated rings. The lowest BCUT2D eigenvalue weighted by Gasteiger charge is -2.19. The SMILES string of the molecule is COc1cc(C(C)C)c(Oc2cnc(N)nc2N)cc1-c1ccc(C(F)(F)F)c(Cl)c1. The van der Waals surface area contributed by atoms with E-state index in [1.807, 2.05) is 13.8 Å². The summed E-state index contributed by atoms with van der Waals surface area (Å²) in [5, 5.41) is -0.418. The topological polar surface area (TPSA) is 96.3 Å². The molecule has 0 saturated heterocycles. The molecular formula is C21H20ClF3N4O2. The van der Waals surface area contributed by atoms with E-state index in [0.717, 1.165) is 11.6 Å². The van der Waals surface area contributed by atoms with Crippen LogP contribution >= 0.6 is 11.6 Å². The summed E-state index contributed by atoms with van der Waals surface area (Å²) in [5.41, 5.74) is 12.2. The van der Waals surface area contributed by atoms with Crippen LogP contribution in [0.4, 0.5) is 24.9 Å². The van der Waals surface area contributed by atoms with E-state index in [1.54, 1.807) is 12.1 Å². The Hall–Kier alpha value is -3.20. The molecule has 4 N–H and O–H groups in total. The number of aromatic nitrogens is 2. The molecule has 6 nitrogen and oxygen atoms in total. The van der Waals surface area contributed by atoms with Gasteiger partial charge in [-0.2, -0.15) is 18.2 Å². The first-order valence-corrected chi connectivity index (χ1v) is 9.54.